The zero-order chi connectivity index (χ0) is 10.7. The van der Waals surface area contributed by atoms with Crippen LogP contribution in [0.2, 0.25) is 0 Å². The molecule has 15 heavy (non-hydrogen) atoms. The number of rotatable bonds is 4. The zero-order valence-corrected chi connectivity index (χ0v) is 9.38. The van der Waals surface area contributed by atoms with Gasteiger partial charge in [-0.3, -0.25) is 0 Å². The fourth-order valence-electron chi connectivity index (χ4n) is 1.14. The van der Waals surface area contributed by atoms with Crippen molar-refractivity contribution in [3.05, 3.63) is 16.9 Å². The number of hydrogen-bond donors (Lipinski definition) is 2. The third-order valence-corrected chi connectivity index (χ3v) is 2.83. The number of thiazole rings is 1. The highest BCUT2D eigenvalue weighted by Gasteiger charge is 2.11. The molecular formula is C8H12N6S. The molecule has 0 aliphatic carbocycles. The van der Waals surface area contributed by atoms with Crippen LogP contribution in [0, 0.1) is 0 Å². The van der Waals surface area contributed by atoms with Gasteiger partial charge in [0.15, 0.2) is 11.0 Å². The van der Waals surface area contributed by atoms with Crippen molar-refractivity contribution in [3.63, 3.8) is 0 Å². The maximum atomic E-state index is 4.40. The first-order valence-electron chi connectivity index (χ1n) is 4.74. The Morgan fingerprint density at radius 3 is 3.07 bits per heavy atom. The predicted octanol–water partition coefficient (Wildman–Crippen LogP) is 1.39. The van der Waals surface area contributed by atoms with E-state index in [1.165, 1.54) is 0 Å². The molecule has 0 aromatic carbocycles. The van der Waals surface area contributed by atoms with Crippen molar-refractivity contribution in [2.24, 2.45) is 0 Å². The summed E-state index contributed by atoms with van der Waals surface area (Å²) in [6.07, 6.45) is 0.953. The Bertz CT molecular complexity index is 408. The summed E-state index contributed by atoms with van der Waals surface area (Å²) in [5, 5.41) is 19.9. The van der Waals surface area contributed by atoms with Crippen molar-refractivity contribution in [1.82, 2.24) is 25.6 Å². The molecule has 2 rings (SSSR count). The average Bonchev–Trinajstić information content (AvgIpc) is 2.87. The van der Waals surface area contributed by atoms with E-state index in [-0.39, 0.29) is 6.04 Å². The molecule has 7 heteroatoms. The van der Waals surface area contributed by atoms with Crippen LogP contribution in [0.4, 0.5) is 5.13 Å². The van der Waals surface area contributed by atoms with E-state index >= 15 is 0 Å². The molecule has 80 valence electrons. The lowest BCUT2D eigenvalue weighted by molar-refractivity contribution is 0.791. The number of nitrogens with zero attached hydrogens (tertiary/aromatic N) is 4. The molecule has 2 heterocycles. The van der Waals surface area contributed by atoms with Crippen LogP contribution in [0.1, 0.15) is 31.4 Å². The van der Waals surface area contributed by atoms with Gasteiger partial charge in [0.2, 0.25) is 0 Å². The van der Waals surface area contributed by atoms with E-state index in [9.17, 15) is 0 Å². The fraction of sp³-hybridized carbons (Fsp3) is 0.500. The Morgan fingerprint density at radius 2 is 2.47 bits per heavy atom. The fourth-order valence-corrected chi connectivity index (χ4v) is 2.02. The maximum absolute atomic E-state index is 4.40. The van der Waals surface area contributed by atoms with Crippen LogP contribution in [-0.4, -0.2) is 25.6 Å². The minimum Gasteiger partial charge on any atom is -0.352 e. The van der Waals surface area contributed by atoms with Crippen molar-refractivity contribution >= 4 is 16.5 Å². The second-order valence-corrected chi connectivity index (χ2v) is 3.99. The monoisotopic (exact) mass is 224 g/mol. The molecule has 2 aromatic rings. The smallest absolute Gasteiger partial charge is 0.196 e. The molecule has 1 unspecified atom stereocenters. The third-order valence-electron chi connectivity index (χ3n) is 2.00. The van der Waals surface area contributed by atoms with Crippen molar-refractivity contribution < 1.29 is 0 Å². The van der Waals surface area contributed by atoms with Crippen LogP contribution >= 0.6 is 11.3 Å². The maximum Gasteiger partial charge on any atom is 0.196 e. The van der Waals surface area contributed by atoms with Crippen LogP contribution in [-0.2, 0) is 6.42 Å². The van der Waals surface area contributed by atoms with Crippen LogP contribution in [0.25, 0.3) is 0 Å². The van der Waals surface area contributed by atoms with E-state index in [1.807, 2.05) is 12.3 Å². The zero-order valence-electron chi connectivity index (χ0n) is 8.56. The van der Waals surface area contributed by atoms with Crippen molar-refractivity contribution in [2.75, 3.05) is 5.32 Å². The lowest BCUT2D eigenvalue weighted by Gasteiger charge is -2.07. The number of tetrazole rings is 1. The van der Waals surface area contributed by atoms with Gasteiger partial charge in [0.1, 0.15) is 0 Å². The van der Waals surface area contributed by atoms with Crippen molar-refractivity contribution in [2.45, 2.75) is 26.3 Å². The molecule has 1 atom stereocenters. The summed E-state index contributed by atoms with van der Waals surface area (Å²) in [6.45, 7) is 4.05. The van der Waals surface area contributed by atoms with Gasteiger partial charge in [0.25, 0.3) is 0 Å². The topological polar surface area (TPSA) is 79.4 Å². The SMILES string of the molecule is CCc1csc(NC(C)c2nn[nH]n2)n1. The first kappa shape index (κ1) is 10.0. The molecule has 6 nitrogen and oxygen atoms in total. The summed E-state index contributed by atoms with van der Waals surface area (Å²) in [4.78, 5) is 4.40. The van der Waals surface area contributed by atoms with Gasteiger partial charge in [-0.05, 0) is 13.3 Å². The van der Waals surface area contributed by atoms with Gasteiger partial charge in [0, 0.05) is 5.38 Å². The lowest BCUT2D eigenvalue weighted by atomic mass is 10.3. The highest BCUT2D eigenvalue weighted by Crippen LogP contribution is 2.20. The molecular weight excluding hydrogens is 212 g/mol. The van der Waals surface area contributed by atoms with Gasteiger partial charge >= 0.3 is 0 Å². The molecule has 2 aromatic heterocycles. The number of nitrogens with one attached hydrogen (secondary N) is 2. The van der Waals surface area contributed by atoms with Crippen molar-refractivity contribution in [1.29, 1.82) is 0 Å². The highest BCUT2D eigenvalue weighted by molar-refractivity contribution is 7.13. The van der Waals surface area contributed by atoms with E-state index in [0.717, 1.165) is 17.2 Å². The average molecular weight is 224 g/mol. The minimum atomic E-state index is 0.0135. The third kappa shape index (κ3) is 2.30. The largest absolute Gasteiger partial charge is 0.352 e. The van der Waals surface area contributed by atoms with E-state index in [2.05, 4.69) is 37.8 Å². The first-order valence-corrected chi connectivity index (χ1v) is 5.62. The summed E-state index contributed by atoms with van der Waals surface area (Å²) in [5.41, 5.74) is 1.10. The number of aryl methyl sites for hydroxylation is 1. The van der Waals surface area contributed by atoms with Gasteiger partial charge in [-0.25, -0.2) is 4.98 Å². The number of aromatic nitrogens is 5. The molecule has 0 bridgehead atoms. The van der Waals surface area contributed by atoms with Crippen molar-refractivity contribution in [3.8, 4) is 0 Å². The molecule has 0 fully saturated rings. The standard InChI is InChI=1S/C8H12N6S/c1-3-6-4-15-8(10-6)9-5(2)7-11-13-14-12-7/h4-5H,3H2,1-2H3,(H,9,10)(H,11,12,13,14). The van der Waals surface area contributed by atoms with Gasteiger partial charge in [-0.15, -0.1) is 21.5 Å². The van der Waals surface area contributed by atoms with Crippen LogP contribution in [0.5, 0.6) is 0 Å². The highest BCUT2D eigenvalue weighted by atomic mass is 32.1. The Hall–Kier alpha value is -1.50. The van der Waals surface area contributed by atoms with Gasteiger partial charge < -0.3 is 5.32 Å². The molecule has 0 saturated heterocycles. The summed E-state index contributed by atoms with van der Waals surface area (Å²) in [6, 6.07) is 0.0135. The molecule has 2 N–H and O–H groups in total. The second-order valence-electron chi connectivity index (χ2n) is 3.13. The molecule has 0 aliphatic heterocycles. The Kier molecular flexibility index (Phi) is 2.91. The number of aromatic amines is 1. The normalized spacial score (nSPS) is 12.7. The quantitative estimate of drug-likeness (QED) is 0.820. The number of hydrogen-bond acceptors (Lipinski definition) is 6. The lowest BCUT2D eigenvalue weighted by Crippen LogP contribution is -2.08. The van der Waals surface area contributed by atoms with Crippen LogP contribution in [0.15, 0.2) is 5.38 Å². The first-order chi connectivity index (χ1) is 7.29. The van der Waals surface area contributed by atoms with E-state index in [0.29, 0.717) is 5.82 Å². The summed E-state index contributed by atoms with van der Waals surface area (Å²) < 4.78 is 0. The van der Waals surface area contributed by atoms with Gasteiger partial charge in [-0.1, -0.05) is 12.1 Å². The predicted molar refractivity (Wildman–Crippen MR) is 57.7 cm³/mol. The number of anilines is 1. The Labute approximate surface area is 91.1 Å². The molecule has 0 amide bonds. The van der Waals surface area contributed by atoms with Gasteiger partial charge in [0.05, 0.1) is 11.7 Å². The summed E-state index contributed by atoms with van der Waals surface area (Å²) >= 11 is 1.59. The minimum absolute atomic E-state index is 0.0135. The van der Waals surface area contributed by atoms with Crippen LogP contribution < -0.4 is 5.32 Å². The summed E-state index contributed by atoms with van der Waals surface area (Å²) in [5.74, 6) is 0.642. The van der Waals surface area contributed by atoms with E-state index in [1.54, 1.807) is 11.3 Å². The Balaban J connectivity index is 2.02. The number of H-pyrrole nitrogens is 1. The summed E-state index contributed by atoms with van der Waals surface area (Å²) in [7, 11) is 0. The molecule has 0 spiro atoms. The van der Waals surface area contributed by atoms with Crippen LogP contribution in [0.3, 0.4) is 0 Å². The second kappa shape index (κ2) is 4.35. The molecule has 0 aliphatic rings. The molecule has 0 saturated carbocycles. The van der Waals surface area contributed by atoms with Gasteiger partial charge in [-0.2, -0.15) is 5.21 Å². The van der Waals surface area contributed by atoms with E-state index < -0.39 is 0 Å². The Morgan fingerprint density at radius 1 is 1.60 bits per heavy atom. The molecule has 0 radical (unpaired) electrons. The van der Waals surface area contributed by atoms with E-state index in [4.69, 9.17) is 0 Å².